The van der Waals surface area contributed by atoms with Crippen LogP contribution in [0.15, 0.2) is 85.2 Å². The molecule has 9 heteroatoms. The van der Waals surface area contributed by atoms with Crippen LogP contribution in [0.5, 0.6) is 5.75 Å². The molecule has 9 nitrogen and oxygen atoms in total. The number of methoxy groups -OCH3 is 1. The highest BCUT2D eigenvalue weighted by molar-refractivity contribution is 5.92. The molecule has 0 aliphatic heterocycles. The second-order valence-corrected chi connectivity index (χ2v) is 8.01. The van der Waals surface area contributed by atoms with Gasteiger partial charge in [-0.15, -0.1) is 5.10 Å². The van der Waals surface area contributed by atoms with Gasteiger partial charge < -0.3 is 10.1 Å². The van der Waals surface area contributed by atoms with Crippen molar-refractivity contribution in [3.05, 3.63) is 96.3 Å². The molecule has 5 rings (SSSR count). The normalized spacial score (nSPS) is 10.8. The monoisotopic (exact) mass is 465 g/mol. The van der Waals surface area contributed by atoms with Crippen LogP contribution >= 0.6 is 0 Å². The van der Waals surface area contributed by atoms with E-state index in [1.165, 1.54) is 6.33 Å². The number of aryl methyl sites for hydroxylation is 1. The fourth-order valence-electron chi connectivity index (χ4n) is 3.76. The fraction of sp³-hybridized carbons (Fsp3) is 0.115. The number of hydrogen-bond donors (Lipinski definition) is 1. The van der Waals surface area contributed by atoms with Crippen LogP contribution in [0.4, 0.5) is 5.82 Å². The summed E-state index contributed by atoms with van der Waals surface area (Å²) >= 11 is 0. The van der Waals surface area contributed by atoms with Gasteiger partial charge >= 0.3 is 0 Å². The van der Waals surface area contributed by atoms with Gasteiger partial charge in [0.05, 0.1) is 30.6 Å². The zero-order chi connectivity index (χ0) is 24.2. The molecule has 0 unspecified atom stereocenters. The summed E-state index contributed by atoms with van der Waals surface area (Å²) < 4.78 is 8.81. The quantitative estimate of drug-likeness (QED) is 0.390. The first kappa shape index (κ1) is 22.0. The van der Waals surface area contributed by atoms with Crippen molar-refractivity contribution in [3.63, 3.8) is 0 Å². The number of nitrogens with zero attached hydrogens (tertiary/aromatic N) is 6. The summed E-state index contributed by atoms with van der Waals surface area (Å²) in [7, 11) is 1.63. The van der Waals surface area contributed by atoms with E-state index >= 15 is 0 Å². The summed E-state index contributed by atoms with van der Waals surface area (Å²) in [5, 5.41) is 19.0. The molecule has 2 heterocycles. The van der Waals surface area contributed by atoms with Gasteiger partial charge in [0.2, 0.25) is 5.91 Å². The Kier molecular flexibility index (Phi) is 6.04. The number of nitrogens with one attached hydrogen (secondary N) is 1. The van der Waals surface area contributed by atoms with Crippen LogP contribution < -0.4 is 10.1 Å². The number of anilines is 1. The number of ether oxygens (including phenoxy) is 1. The number of tetrazole rings is 1. The lowest BCUT2D eigenvalue weighted by Gasteiger charge is -2.09. The van der Waals surface area contributed by atoms with E-state index in [0.29, 0.717) is 17.3 Å². The highest BCUT2D eigenvalue weighted by Gasteiger charge is 2.16. The Morgan fingerprint density at radius 2 is 1.71 bits per heavy atom. The van der Waals surface area contributed by atoms with Crippen LogP contribution in [0.3, 0.4) is 0 Å². The Morgan fingerprint density at radius 3 is 2.43 bits per heavy atom. The zero-order valence-electron chi connectivity index (χ0n) is 19.3. The topological polar surface area (TPSA) is 99.7 Å². The average Bonchev–Trinajstić information content (AvgIpc) is 3.56. The van der Waals surface area contributed by atoms with E-state index in [0.717, 1.165) is 28.1 Å². The van der Waals surface area contributed by atoms with Gasteiger partial charge in [-0.3, -0.25) is 4.79 Å². The van der Waals surface area contributed by atoms with Gasteiger partial charge in [-0.1, -0.05) is 42.0 Å². The van der Waals surface area contributed by atoms with Crippen molar-refractivity contribution in [2.75, 3.05) is 12.4 Å². The molecule has 2 aromatic heterocycles. The Balaban J connectivity index is 1.42. The molecule has 0 saturated heterocycles. The fourth-order valence-corrected chi connectivity index (χ4v) is 3.76. The van der Waals surface area contributed by atoms with Crippen molar-refractivity contribution in [2.24, 2.45) is 0 Å². The minimum atomic E-state index is -0.153. The Hall–Kier alpha value is -4.79. The number of amides is 1. The number of rotatable bonds is 7. The molecule has 0 spiro atoms. The predicted molar refractivity (Wildman–Crippen MR) is 132 cm³/mol. The lowest BCUT2D eigenvalue weighted by atomic mass is 10.1. The standard InChI is InChI=1S/C26H23N7O2/c1-18-7-11-21(12-8-18)33-25(16-23(29-33)22-5-3-4-6-24(22)35-2)28-26(34)15-19-9-13-20(14-10-19)32-17-27-30-31-32/h3-14,16-17H,15H2,1-2H3,(H,28,34). The van der Waals surface area contributed by atoms with E-state index < -0.39 is 0 Å². The highest BCUT2D eigenvalue weighted by atomic mass is 16.5. The summed E-state index contributed by atoms with van der Waals surface area (Å²) in [4.78, 5) is 13.0. The molecule has 0 radical (unpaired) electrons. The third-order valence-corrected chi connectivity index (χ3v) is 5.55. The highest BCUT2D eigenvalue weighted by Crippen LogP contribution is 2.31. The molecule has 0 bridgehead atoms. The van der Waals surface area contributed by atoms with Crippen molar-refractivity contribution in [2.45, 2.75) is 13.3 Å². The van der Waals surface area contributed by atoms with E-state index in [4.69, 9.17) is 9.84 Å². The van der Waals surface area contributed by atoms with Gasteiger partial charge in [0.15, 0.2) is 0 Å². The van der Waals surface area contributed by atoms with Gasteiger partial charge in [0.1, 0.15) is 17.9 Å². The molecule has 1 N–H and O–H groups in total. The number of hydrogen-bond acceptors (Lipinski definition) is 6. The van der Waals surface area contributed by atoms with Gasteiger partial charge in [-0.25, -0.2) is 9.36 Å². The van der Waals surface area contributed by atoms with E-state index in [2.05, 4.69) is 20.8 Å². The van der Waals surface area contributed by atoms with E-state index in [-0.39, 0.29) is 12.3 Å². The second-order valence-electron chi connectivity index (χ2n) is 8.01. The van der Waals surface area contributed by atoms with Crippen molar-refractivity contribution in [1.29, 1.82) is 0 Å². The first-order valence-electron chi connectivity index (χ1n) is 11.0. The molecule has 0 saturated carbocycles. The molecule has 3 aromatic carbocycles. The predicted octanol–water partition coefficient (Wildman–Crippen LogP) is 4.01. The smallest absolute Gasteiger partial charge is 0.229 e. The van der Waals surface area contributed by atoms with Crippen molar-refractivity contribution in [1.82, 2.24) is 30.0 Å². The number of carbonyl (C=O) groups is 1. The molecule has 0 atom stereocenters. The summed E-state index contributed by atoms with van der Waals surface area (Å²) in [5.41, 5.74) is 5.21. The Bertz CT molecular complexity index is 1440. The molecule has 0 fully saturated rings. The van der Waals surface area contributed by atoms with Crippen LogP contribution in [0.25, 0.3) is 22.6 Å². The maximum atomic E-state index is 13.0. The van der Waals surface area contributed by atoms with Crippen LogP contribution in [0.1, 0.15) is 11.1 Å². The number of para-hydroxylation sites is 1. The average molecular weight is 466 g/mol. The van der Waals surface area contributed by atoms with Gasteiger partial charge in [-0.2, -0.15) is 5.10 Å². The van der Waals surface area contributed by atoms with Crippen molar-refractivity contribution < 1.29 is 9.53 Å². The van der Waals surface area contributed by atoms with E-state index in [9.17, 15) is 4.79 Å². The largest absolute Gasteiger partial charge is 0.496 e. The lowest BCUT2D eigenvalue weighted by molar-refractivity contribution is -0.115. The second kappa shape index (κ2) is 9.60. The van der Waals surface area contributed by atoms with Gasteiger partial charge in [0, 0.05) is 11.6 Å². The Labute approximate surface area is 202 Å². The van der Waals surface area contributed by atoms with Crippen molar-refractivity contribution in [3.8, 4) is 28.4 Å². The molecule has 5 aromatic rings. The minimum absolute atomic E-state index is 0.153. The molecule has 1 amide bonds. The molecule has 35 heavy (non-hydrogen) atoms. The number of benzene rings is 3. The maximum absolute atomic E-state index is 13.0. The van der Waals surface area contributed by atoms with Crippen LogP contribution in [0.2, 0.25) is 0 Å². The van der Waals surface area contributed by atoms with Crippen LogP contribution in [-0.4, -0.2) is 43.0 Å². The van der Waals surface area contributed by atoms with Gasteiger partial charge in [0.25, 0.3) is 0 Å². The minimum Gasteiger partial charge on any atom is -0.496 e. The zero-order valence-corrected chi connectivity index (χ0v) is 19.3. The van der Waals surface area contributed by atoms with Crippen LogP contribution in [0, 0.1) is 6.92 Å². The molecular weight excluding hydrogens is 442 g/mol. The molecule has 174 valence electrons. The van der Waals surface area contributed by atoms with E-state index in [1.807, 2.05) is 85.8 Å². The van der Waals surface area contributed by atoms with Gasteiger partial charge in [-0.05, 0) is 59.3 Å². The first-order valence-corrected chi connectivity index (χ1v) is 11.0. The summed E-state index contributed by atoms with van der Waals surface area (Å²) in [6.07, 6.45) is 1.73. The number of aromatic nitrogens is 6. The lowest BCUT2D eigenvalue weighted by Crippen LogP contribution is -2.17. The van der Waals surface area contributed by atoms with Crippen LogP contribution in [-0.2, 0) is 11.2 Å². The summed E-state index contributed by atoms with van der Waals surface area (Å²) in [5.74, 6) is 1.13. The van der Waals surface area contributed by atoms with Crippen molar-refractivity contribution >= 4 is 11.7 Å². The third-order valence-electron chi connectivity index (χ3n) is 5.55. The summed E-state index contributed by atoms with van der Waals surface area (Å²) in [6, 6.07) is 25.0. The molecule has 0 aliphatic rings. The number of carbonyl (C=O) groups excluding carboxylic acids is 1. The molecule has 0 aliphatic carbocycles. The third kappa shape index (κ3) is 4.79. The summed E-state index contributed by atoms with van der Waals surface area (Å²) in [6.45, 7) is 2.03. The SMILES string of the molecule is COc1ccccc1-c1cc(NC(=O)Cc2ccc(-n3cnnn3)cc2)n(-c2ccc(C)cc2)n1. The first-order chi connectivity index (χ1) is 17.1. The molecular formula is C26H23N7O2. The Morgan fingerprint density at radius 1 is 0.971 bits per heavy atom. The van der Waals surface area contributed by atoms with E-state index in [1.54, 1.807) is 16.5 Å². The maximum Gasteiger partial charge on any atom is 0.229 e.